The first-order valence-electron chi connectivity index (χ1n) is 7.70. The zero-order valence-electron chi connectivity index (χ0n) is 12.8. The second kappa shape index (κ2) is 5.04. The lowest BCUT2D eigenvalue weighted by Crippen LogP contribution is -2.65. The van der Waals surface area contributed by atoms with Gasteiger partial charge in [0.1, 0.15) is 5.82 Å². The van der Waals surface area contributed by atoms with Gasteiger partial charge in [0.25, 0.3) is 0 Å². The Morgan fingerprint density at radius 3 is 2.19 bits per heavy atom. The van der Waals surface area contributed by atoms with Crippen LogP contribution in [0.3, 0.4) is 0 Å². The van der Waals surface area contributed by atoms with Crippen molar-refractivity contribution < 1.29 is 13.9 Å². The van der Waals surface area contributed by atoms with E-state index in [1.54, 1.807) is 12.1 Å². The van der Waals surface area contributed by atoms with E-state index in [-0.39, 0.29) is 11.2 Å². The summed E-state index contributed by atoms with van der Waals surface area (Å²) in [6.07, 6.45) is 3.66. The predicted molar refractivity (Wildman–Crippen MR) is 79.1 cm³/mol. The standard InChI is InChI=1S/C17H24FNO2/c1-15(2)11-20-17(21-12-15)10-4-3-9-16(17,19)13-5-7-14(18)8-6-13/h5-8H,3-4,9-12,19H2,1-2H3/t16-/m1/s1. The molecule has 1 saturated heterocycles. The second-order valence-electron chi connectivity index (χ2n) is 7.18. The van der Waals surface area contributed by atoms with Gasteiger partial charge < -0.3 is 15.2 Å². The van der Waals surface area contributed by atoms with Crippen molar-refractivity contribution in [2.45, 2.75) is 50.9 Å². The van der Waals surface area contributed by atoms with E-state index in [9.17, 15) is 4.39 Å². The Morgan fingerprint density at radius 2 is 1.57 bits per heavy atom. The van der Waals surface area contributed by atoms with Gasteiger partial charge in [-0.2, -0.15) is 0 Å². The maximum atomic E-state index is 13.2. The van der Waals surface area contributed by atoms with Gasteiger partial charge in [0, 0.05) is 11.8 Å². The SMILES string of the molecule is CC1(C)COC2(CCCC[C@@]2(N)c2ccc(F)cc2)OC1. The monoisotopic (exact) mass is 293 g/mol. The molecule has 0 bridgehead atoms. The smallest absolute Gasteiger partial charge is 0.190 e. The fraction of sp³-hybridized carbons (Fsp3) is 0.647. The average Bonchev–Trinajstić information content (AvgIpc) is 2.46. The zero-order chi connectivity index (χ0) is 15.1. The molecule has 1 aromatic carbocycles. The molecule has 4 heteroatoms. The third-order valence-corrected chi connectivity index (χ3v) is 4.76. The van der Waals surface area contributed by atoms with E-state index in [1.807, 2.05) is 0 Å². The average molecular weight is 293 g/mol. The summed E-state index contributed by atoms with van der Waals surface area (Å²) >= 11 is 0. The number of hydrogen-bond acceptors (Lipinski definition) is 3. The largest absolute Gasteiger partial charge is 0.347 e. The molecular weight excluding hydrogens is 269 g/mol. The highest BCUT2D eigenvalue weighted by Crippen LogP contribution is 2.49. The van der Waals surface area contributed by atoms with Crippen LogP contribution in [0.25, 0.3) is 0 Å². The van der Waals surface area contributed by atoms with Gasteiger partial charge in [-0.3, -0.25) is 0 Å². The van der Waals surface area contributed by atoms with Crippen LogP contribution in [0.1, 0.15) is 45.1 Å². The summed E-state index contributed by atoms with van der Waals surface area (Å²) in [5, 5.41) is 0. The second-order valence-corrected chi connectivity index (χ2v) is 7.18. The normalized spacial score (nSPS) is 31.2. The minimum Gasteiger partial charge on any atom is -0.347 e. The quantitative estimate of drug-likeness (QED) is 0.864. The number of halogens is 1. The summed E-state index contributed by atoms with van der Waals surface area (Å²) in [4.78, 5) is 0. The van der Waals surface area contributed by atoms with Gasteiger partial charge in [-0.25, -0.2) is 4.39 Å². The predicted octanol–water partition coefficient (Wildman–Crippen LogP) is 3.32. The number of benzene rings is 1. The Balaban J connectivity index is 1.96. The Labute approximate surface area is 125 Å². The van der Waals surface area contributed by atoms with Crippen LogP contribution in [0, 0.1) is 11.2 Å². The molecule has 1 aromatic rings. The van der Waals surface area contributed by atoms with E-state index >= 15 is 0 Å². The van der Waals surface area contributed by atoms with Gasteiger partial charge in [0.15, 0.2) is 5.79 Å². The van der Waals surface area contributed by atoms with E-state index in [0.29, 0.717) is 13.2 Å². The zero-order valence-corrected chi connectivity index (χ0v) is 12.8. The van der Waals surface area contributed by atoms with E-state index < -0.39 is 11.3 Å². The summed E-state index contributed by atoms with van der Waals surface area (Å²) in [5.41, 5.74) is 6.94. The fourth-order valence-corrected chi connectivity index (χ4v) is 3.40. The maximum Gasteiger partial charge on any atom is 0.190 e. The van der Waals surface area contributed by atoms with Gasteiger partial charge in [-0.15, -0.1) is 0 Å². The summed E-state index contributed by atoms with van der Waals surface area (Å²) in [6, 6.07) is 6.43. The lowest BCUT2D eigenvalue weighted by molar-refractivity contribution is -0.340. The molecule has 2 N–H and O–H groups in total. The van der Waals surface area contributed by atoms with Crippen LogP contribution in [-0.2, 0) is 15.0 Å². The molecule has 116 valence electrons. The van der Waals surface area contributed by atoms with Crippen molar-refractivity contribution in [1.82, 2.24) is 0 Å². The van der Waals surface area contributed by atoms with Crippen molar-refractivity contribution in [3.8, 4) is 0 Å². The van der Waals surface area contributed by atoms with Crippen LogP contribution in [0.5, 0.6) is 0 Å². The third kappa shape index (κ3) is 2.50. The molecular formula is C17H24FNO2. The molecule has 1 aliphatic carbocycles. The van der Waals surface area contributed by atoms with Gasteiger partial charge in [-0.1, -0.05) is 32.4 Å². The number of ether oxygens (including phenoxy) is 2. The first kappa shape index (κ1) is 14.9. The minimum atomic E-state index is -0.779. The van der Waals surface area contributed by atoms with E-state index in [0.717, 1.165) is 31.2 Å². The molecule has 0 radical (unpaired) electrons. The lowest BCUT2D eigenvalue weighted by atomic mass is 9.71. The number of hydrogen-bond donors (Lipinski definition) is 1. The molecule has 3 rings (SSSR count). The molecule has 0 unspecified atom stereocenters. The lowest BCUT2D eigenvalue weighted by Gasteiger charge is -2.54. The molecule has 0 amide bonds. The summed E-state index contributed by atoms with van der Waals surface area (Å²) in [5.74, 6) is -1.03. The molecule has 1 heterocycles. The Bertz CT molecular complexity index is 504. The van der Waals surface area contributed by atoms with E-state index in [4.69, 9.17) is 15.2 Å². The minimum absolute atomic E-state index is 0.00635. The van der Waals surface area contributed by atoms with Gasteiger partial charge in [0.2, 0.25) is 0 Å². The fourth-order valence-electron chi connectivity index (χ4n) is 3.40. The molecule has 3 nitrogen and oxygen atoms in total. The molecule has 1 spiro atoms. The van der Waals surface area contributed by atoms with Crippen LogP contribution in [0.15, 0.2) is 24.3 Å². The van der Waals surface area contributed by atoms with E-state index in [1.165, 1.54) is 12.1 Å². The van der Waals surface area contributed by atoms with Crippen LogP contribution >= 0.6 is 0 Å². The molecule has 1 aliphatic heterocycles. The van der Waals surface area contributed by atoms with Crippen molar-refractivity contribution in [1.29, 1.82) is 0 Å². The highest BCUT2D eigenvalue weighted by atomic mass is 19.1. The first-order valence-corrected chi connectivity index (χ1v) is 7.70. The van der Waals surface area contributed by atoms with Crippen molar-refractivity contribution in [2.75, 3.05) is 13.2 Å². The molecule has 2 aliphatic rings. The molecule has 0 aromatic heterocycles. The van der Waals surface area contributed by atoms with Gasteiger partial charge in [-0.05, 0) is 30.5 Å². The highest BCUT2D eigenvalue weighted by Gasteiger charge is 2.56. The Morgan fingerprint density at radius 1 is 1.00 bits per heavy atom. The highest BCUT2D eigenvalue weighted by molar-refractivity contribution is 5.29. The first-order chi connectivity index (χ1) is 9.87. The van der Waals surface area contributed by atoms with Crippen LogP contribution in [0.4, 0.5) is 4.39 Å². The Kier molecular flexibility index (Phi) is 3.59. The Hall–Kier alpha value is -0.970. The number of rotatable bonds is 1. The third-order valence-electron chi connectivity index (χ3n) is 4.76. The van der Waals surface area contributed by atoms with E-state index in [2.05, 4.69) is 13.8 Å². The maximum absolute atomic E-state index is 13.2. The van der Waals surface area contributed by atoms with Crippen molar-refractivity contribution >= 4 is 0 Å². The topological polar surface area (TPSA) is 44.5 Å². The summed E-state index contributed by atoms with van der Waals surface area (Å²) in [7, 11) is 0. The van der Waals surface area contributed by atoms with Crippen molar-refractivity contribution in [3.05, 3.63) is 35.6 Å². The molecule has 2 fully saturated rings. The van der Waals surface area contributed by atoms with Crippen LogP contribution < -0.4 is 5.73 Å². The van der Waals surface area contributed by atoms with Gasteiger partial charge in [0.05, 0.1) is 18.8 Å². The molecule has 1 atom stereocenters. The number of nitrogens with two attached hydrogens (primary N) is 1. The van der Waals surface area contributed by atoms with Crippen molar-refractivity contribution in [3.63, 3.8) is 0 Å². The van der Waals surface area contributed by atoms with Crippen molar-refractivity contribution in [2.24, 2.45) is 11.1 Å². The van der Waals surface area contributed by atoms with Gasteiger partial charge >= 0.3 is 0 Å². The summed E-state index contributed by atoms with van der Waals surface area (Å²) in [6.45, 7) is 5.51. The van der Waals surface area contributed by atoms with Crippen LogP contribution in [-0.4, -0.2) is 19.0 Å². The molecule has 21 heavy (non-hydrogen) atoms. The summed E-state index contributed by atoms with van der Waals surface area (Å²) < 4.78 is 25.6. The van der Waals surface area contributed by atoms with Crippen LogP contribution in [0.2, 0.25) is 0 Å². The molecule has 1 saturated carbocycles.